The van der Waals surface area contributed by atoms with E-state index in [9.17, 15) is 8.42 Å². The summed E-state index contributed by atoms with van der Waals surface area (Å²) in [7, 11) is -3.66. The minimum absolute atomic E-state index is 0.228. The zero-order valence-electron chi connectivity index (χ0n) is 15.9. The van der Waals surface area contributed by atoms with Crippen molar-refractivity contribution in [1.29, 1.82) is 0 Å². The van der Waals surface area contributed by atoms with Gasteiger partial charge in [0.05, 0.1) is 17.2 Å². The standard InChI is InChI=1S/C19H23N5O3S/c1-3-13-23(14-16-7-5-6-8-19(16)27-4-2)28(25,26)18-11-9-17(10-12-18)24-15-20-21-22-24/h5-12,15H,3-4,13-14H2,1-2H3. The van der Waals surface area contributed by atoms with Gasteiger partial charge in [0.1, 0.15) is 12.1 Å². The predicted octanol–water partition coefficient (Wildman–Crippen LogP) is 2.66. The average Bonchev–Trinajstić information content (AvgIpc) is 3.24. The van der Waals surface area contributed by atoms with Crippen molar-refractivity contribution in [2.24, 2.45) is 0 Å². The lowest BCUT2D eigenvalue weighted by atomic mass is 10.2. The summed E-state index contributed by atoms with van der Waals surface area (Å²) in [6.07, 6.45) is 2.16. The van der Waals surface area contributed by atoms with Gasteiger partial charge in [-0.2, -0.15) is 4.31 Å². The molecule has 0 saturated carbocycles. The molecule has 0 N–H and O–H groups in total. The van der Waals surface area contributed by atoms with E-state index in [1.165, 1.54) is 15.3 Å². The van der Waals surface area contributed by atoms with Crippen LogP contribution in [-0.4, -0.2) is 46.1 Å². The number of rotatable bonds is 9. The molecular weight excluding hydrogens is 378 g/mol. The summed E-state index contributed by atoms with van der Waals surface area (Å²) in [6.45, 7) is 5.05. The lowest BCUT2D eigenvalue weighted by Gasteiger charge is -2.23. The molecule has 3 rings (SSSR count). The first-order chi connectivity index (χ1) is 13.6. The van der Waals surface area contributed by atoms with Gasteiger partial charge in [-0.1, -0.05) is 25.1 Å². The van der Waals surface area contributed by atoms with Crippen LogP contribution in [0.1, 0.15) is 25.8 Å². The first-order valence-electron chi connectivity index (χ1n) is 9.10. The summed E-state index contributed by atoms with van der Waals surface area (Å²) in [5.41, 5.74) is 1.53. The van der Waals surface area contributed by atoms with Gasteiger partial charge in [0, 0.05) is 18.7 Å². The van der Waals surface area contributed by atoms with E-state index in [0.29, 0.717) is 31.0 Å². The molecule has 28 heavy (non-hydrogen) atoms. The molecule has 2 aromatic carbocycles. The lowest BCUT2D eigenvalue weighted by molar-refractivity contribution is 0.328. The van der Waals surface area contributed by atoms with Crippen molar-refractivity contribution in [3.8, 4) is 11.4 Å². The first kappa shape index (κ1) is 20.0. The molecule has 0 bridgehead atoms. The number of ether oxygens (including phenoxy) is 1. The molecule has 148 valence electrons. The monoisotopic (exact) mass is 401 g/mol. The Morgan fingerprint density at radius 2 is 1.82 bits per heavy atom. The smallest absolute Gasteiger partial charge is 0.243 e. The van der Waals surface area contributed by atoms with Gasteiger partial charge in [-0.25, -0.2) is 13.1 Å². The molecule has 0 fully saturated rings. The van der Waals surface area contributed by atoms with E-state index in [2.05, 4.69) is 15.5 Å². The zero-order chi connectivity index (χ0) is 20.0. The molecule has 0 atom stereocenters. The van der Waals surface area contributed by atoms with Crippen LogP contribution in [0.3, 0.4) is 0 Å². The molecule has 9 heteroatoms. The van der Waals surface area contributed by atoms with Crippen molar-refractivity contribution in [2.75, 3.05) is 13.2 Å². The molecule has 0 unspecified atom stereocenters. The summed E-state index contributed by atoms with van der Waals surface area (Å²) in [6, 6.07) is 14.0. The number of aromatic nitrogens is 4. The molecule has 1 aromatic heterocycles. The third kappa shape index (κ3) is 4.37. The van der Waals surface area contributed by atoms with Gasteiger partial charge in [-0.15, -0.1) is 5.10 Å². The van der Waals surface area contributed by atoms with E-state index in [4.69, 9.17) is 4.74 Å². The number of tetrazole rings is 1. The van der Waals surface area contributed by atoms with Crippen molar-refractivity contribution in [1.82, 2.24) is 24.5 Å². The van der Waals surface area contributed by atoms with Gasteiger partial charge >= 0.3 is 0 Å². The molecule has 0 spiro atoms. The van der Waals surface area contributed by atoms with Crippen LogP contribution in [0.5, 0.6) is 5.75 Å². The molecule has 8 nitrogen and oxygen atoms in total. The summed E-state index contributed by atoms with van der Waals surface area (Å²) in [4.78, 5) is 0.228. The predicted molar refractivity (Wildman–Crippen MR) is 105 cm³/mol. The number of nitrogens with zero attached hydrogens (tertiary/aromatic N) is 5. The number of para-hydroxylation sites is 1. The highest BCUT2D eigenvalue weighted by atomic mass is 32.2. The topological polar surface area (TPSA) is 90.2 Å². The minimum Gasteiger partial charge on any atom is -0.494 e. The number of hydrogen-bond acceptors (Lipinski definition) is 6. The van der Waals surface area contributed by atoms with Crippen LogP contribution in [0.15, 0.2) is 59.8 Å². The van der Waals surface area contributed by atoms with Crippen molar-refractivity contribution in [3.05, 3.63) is 60.4 Å². The summed E-state index contributed by atoms with van der Waals surface area (Å²) in [5, 5.41) is 11.0. The zero-order valence-corrected chi connectivity index (χ0v) is 16.7. The van der Waals surface area contributed by atoms with E-state index < -0.39 is 10.0 Å². The Bertz CT molecular complexity index is 989. The van der Waals surface area contributed by atoms with Crippen molar-refractivity contribution < 1.29 is 13.2 Å². The minimum atomic E-state index is -3.66. The second-order valence-electron chi connectivity index (χ2n) is 6.13. The molecule has 0 saturated heterocycles. The Hall–Kier alpha value is -2.78. The van der Waals surface area contributed by atoms with Gasteiger partial charge in [-0.3, -0.25) is 0 Å². The summed E-state index contributed by atoms with van der Waals surface area (Å²) >= 11 is 0. The third-order valence-electron chi connectivity index (χ3n) is 4.18. The summed E-state index contributed by atoms with van der Waals surface area (Å²) < 4.78 is 35.1. The normalized spacial score (nSPS) is 11.7. The molecule has 0 aliphatic rings. The highest BCUT2D eigenvalue weighted by Gasteiger charge is 2.25. The molecule has 0 radical (unpaired) electrons. The van der Waals surface area contributed by atoms with Crippen LogP contribution in [-0.2, 0) is 16.6 Å². The Labute approximate surface area is 164 Å². The highest BCUT2D eigenvalue weighted by molar-refractivity contribution is 7.89. The van der Waals surface area contributed by atoms with Gasteiger partial charge < -0.3 is 4.74 Å². The lowest BCUT2D eigenvalue weighted by Crippen LogP contribution is -2.31. The van der Waals surface area contributed by atoms with E-state index in [1.54, 1.807) is 24.3 Å². The van der Waals surface area contributed by atoms with Crippen LogP contribution < -0.4 is 4.74 Å². The number of hydrogen-bond donors (Lipinski definition) is 0. The van der Waals surface area contributed by atoms with Gasteiger partial charge in [0.15, 0.2) is 0 Å². The molecule has 0 aliphatic carbocycles. The SMILES string of the molecule is CCCN(Cc1ccccc1OCC)S(=O)(=O)c1ccc(-n2cnnn2)cc1. The fraction of sp³-hybridized carbons (Fsp3) is 0.316. The Balaban J connectivity index is 1.88. The summed E-state index contributed by atoms with van der Waals surface area (Å²) in [5.74, 6) is 0.704. The second-order valence-corrected chi connectivity index (χ2v) is 8.07. The van der Waals surface area contributed by atoms with E-state index in [0.717, 1.165) is 5.56 Å². The van der Waals surface area contributed by atoms with Crippen molar-refractivity contribution >= 4 is 10.0 Å². The molecule has 1 heterocycles. The molecule has 0 amide bonds. The molecule has 0 aliphatic heterocycles. The maximum atomic E-state index is 13.2. The van der Waals surface area contributed by atoms with Crippen LogP contribution in [0.2, 0.25) is 0 Å². The van der Waals surface area contributed by atoms with Gasteiger partial charge in [0.25, 0.3) is 0 Å². The number of benzene rings is 2. The van der Waals surface area contributed by atoms with Crippen molar-refractivity contribution in [3.63, 3.8) is 0 Å². The Morgan fingerprint density at radius 1 is 1.07 bits per heavy atom. The van der Waals surface area contributed by atoms with E-state index >= 15 is 0 Å². The third-order valence-corrected chi connectivity index (χ3v) is 6.04. The number of sulfonamides is 1. The largest absolute Gasteiger partial charge is 0.494 e. The second kappa shape index (κ2) is 8.94. The maximum Gasteiger partial charge on any atom is 0.243 e. The fourth-order valence-electron chi connectivity index (χ4n) is 2.85. The fourth-order valence-corrected chi connectivity index (χ4v) is 4.36. The maximum absolute atomic E-state index is 13.2. The van der Waals surface area contributed by atoms with Crippen molar-refractivity contribution in [2.45, 2.75) is 31.7 Å². The van der Waals surface area contributed by atoms with E-state index in [1.807, 2.05) is 38.1 Å². The Morgan fingerprint density at radius 3 is 2.46 bits per heavy atom. The van der Waals surface area contributed by atoms with Crippen LogP contribution >= 0.6 is 0 Å². The quantitative estimate of drug-likeness (QED) is 0.548. The highest BCUT2D eigenvalue weighted by Crippen LogP contribution is 2.24. The van der Waals surface area contributed by atoms with Crippen LogP contribution in [0.25, 0.3) is 5.69 Å². The molecule has 3 aromatic rings. The molecular formula is C19H23N5O3S. The van der Waals surface area contributed by atoms with Crippen LogP contribution in [0, 0.1) is 0 Å². The Kier molecular flexibility index (Phi) is 6.37. The van der Waals surface area contributed by atoms with Gasteiger partial charge in [-0.05, 0) is 54.1 Å². The first-order valence-corrected chi connectivity index (χ1v) is 10.5. The van der Waals surface area contributed by atoms with Gasteiger partial charge in [0.2, 0.25) is 10.0 Å². The van der Waals surface area contributed by atoms with Crippen LogP contribution in [0.4, 0.5) is 0 Å². The average molecular weight is 401 g/mol. The van der Waals surface area contributed by atoms with E-state index in [-0.39, 0.29) is 11.4 Å².